The number of rotatable bonds is 3. The van der Waals surface area contributed by atoms with Gasteiger partial charge in [0, 0.05) is 12.4 Å². The van der Waals surface area contributed by atoms with Gasteiger partial charge in [-0.15, -0.1) is 0 Å². The second kappa shape index (κ2) is 4.76. The first-order valence-electron chi connectivity index (χ1n) is 4.78. The number of aromatic nitrogens is 1. The second-order valence-corrected chi connectivity index (χ2v) is 3.90. The maximum atomic E-state index is 11.8. The SMILES string of the molecule is CNc1cccc(C(=O)Nc2ccsc2)n1. The number of nitrogens with zero attached hydrogens (tertiary/aromatic N) is 1. The average Bonchev–Trinajstić information content (AvgIpc) is 2.82. The number of hydrogen-bond donors (Lipinski definition) is 2. The standard InChI is InChI=1S/C11H11N3OS/c1-12-10-4-2-3-9(14-10)11(15)13-8-5-6-16-7-8/h2-7H,1H3,(H,12,14)(H,13,15). The van der Waals surface area contributed by atoms with Crippen LogP contribution < -0.4 is 10.6 Å². The first kappa shape index (κ1) is 10.6. The fourth-order valence-corrected chi connectivity index (χ4v) is 1.82. The van der Waals surface area contributed by atoms with Crippen LogP contribution in [-0.4, -0.2) is 17.9 Å². The first-order valence-corrected chi connectivity index (χ1v) is 5.72. The lowest BCUT2D eigenvalue weighted by Gasteiger charge is -2.04. The maximum Gasteiger partial charge on any atom is 0.274 e. The Kier molecular flexibility index (Phi) is 3.16. The van der Waals surface area contributed by atoms with E-state index in [1.165, 1.54) is 11.3 Å². The Morgan fingerprint density at radius 2 is 2.25 bits per heavy atom. The fraction of sp³-hybridized carbons (Fsp3) is 0.0909. The van der Waals surface area contributed by atoms with E-state index in [1.54, 1.807) is 25.2 Å². The molecule has 0 saturated heterocycles. The van der Waals surface area contributed by atoms with Crippen molar-refractivity contribution in [3.05, 3.63) is 40.7 Å². The molecule has 2 aromatic heterocycles. The largest absolute Gasteiger partial charge is 0.373 e. The summed E-state index contributed by atoms with van der Waals surface area (Å²) in [6.07, 6.45) is 0. The highest BCUT2D eigenvalue weighted by atomic mass is 32.1. The number of thiophene rings is 1. The minimum atomic E-state index is -0.199. The predicted octanol–water partition coefficient (Wildman–Crippen LogP) is 2.44. The molecule has 5 heteroatoms. The van der Waals surface area contributed by atoms with Gasteiger partial charge >= 0.3 is 0 Å². The molecule has 0 fully saturated rings. The molecule has 0 radical (unpaired) electrons. The van der Waals surface area contributed by atoms with E-state index in [-0.39, 0.29) is 5.91 Å². The van der Waals surface area contributed by atoms with Crippen LogP contribution in [0.25, 0.3) is 0 Å². The van der Waals surface area contributed by atoms with E-state index in [0.29, 0.717) is 11.5 Å². The third-order valence-electron chi connectivity index (χ3n) is 2.02. The Hall–Kier alpha value is -1.88. The molecular formula is C11H11N3OS. The van der Waals surface area contributed by atoms with Gasteiger partial charge in [0.1, 0.15) is 11.5 Å². The Morgan fingerprint density at radius 3 is 2.94 bits per heavy atom. The summed E-state index contributed by atoms with van der Waals surface area (Å²) in [4.78, 5) is 15.9. The molecule has 0 spiro atoms. The van der Waals surface area contributed by atoms with Gasteiger partial charge < -0.3 is 10.6 Å². The van der Waals surface area contributed by atoms with E-state index in [4.69, 9.17) is 0 Å². The minimum absolute atomic E-state index is 0.199. The molecule has 82 valence electrons. The van der Waals surface area contributed by atoms with Crippen molar-refractivity contribution in [2.75, 3.05) is 17.7 Å². The molecule has 2 rings (SSSR count). The van der Waals surface area contributed by atoms with Crippen molar-refractivity contribution in [3.8, 4) is 0 Å². The molecule has 0 aliphatic carbocycles. The van der Waals surface area contributed by atoms with E-state index in [9.17, 15) is 4.79 Å². The smallest absolute Gasteiger partial charge is 0.274 e. The number of amides is 1. The molecule has 2 aromatic rings. The number of pyridine rings is 1. The molecule has 2 heterocycles. The summed E-state index contributed by atoms with van der Waals surface area (Å²) in [6.45, 7) is 0. The van der Waals surface area contributed by atoms with Crippen LogP contribution in [0.4, 0.5) is 11.5 Å². The molecule has 16 heavy (non-hydrogen) atoms. The summed E-state index contributed by atoms with van der Waals surface area (Å²) in [7, 11) is 1.77. The lowest BCUT2D eigenvalue weighted by atomic mass is 10.3. The summed E-state index contributed by atoms with van der Waals surface area (Å²) in [5.74, 6) is 0.480. The molecule has 0 aromatic carbocycles. The molecule has 4 nitrogen and oxygen atoms in total. The van der Waals surface area contributed by atoms with Crippen molar-refractivity contribution in [1.82, 2.24) is 4.98 Å². The third kappa shape index (κ3) is 2.38. The summed E-state index contributed by atoms with van der Waals surface area (Å²) in [5, 5.41) is 9.45. The number of nitrogens with one attached hydrogen (secondary N) is 2. The van der Waals surface area contributed by atoms with Gasteiger partial charge in [-0.3, -0.25) is 4.79 Å². The van der Waals surface area contributed by atoms with Crippen LogP contribution in [0.5, 0.6) is 0 Å². The van der Waals surface area contributed by atoms with Crippen molar-refractivity contribution in [2.45, 2.75) is 0 Å². The second-order valence-electron chi connectivity index (χ2n) is 3.12. The lowest BCUT2D eigenvalue weighted by molar-refractivity contribution is 0.102. The lowest BCUT2D eigenvalue weighted by Crippen LogP contribution is -2.13. The summed E-state index contributed by atoms with van der Waals surface area (Å²) in [6, 6.07) is 7.13. The molecule has 2 N–H and O–H groups in total. The molecule has 0 aliphatic heterocycles. The van der Waals surface area contributed by atoms with Crippen molar-refractivity contribution < 1.29 is 4.79 Å². The molecule has 0 bridgehead atoms. The molecule has 0 saturated carbocycles. The van der Waals surface area contributed by atoms with Crippen molar-refractivity contribution in [1.29, 1.82) is 0 Å². The van der Waals surface area contributed by atoms with Gasteiger partial charge in [0.2, 0.25) is 0 Å². The highest BCUT2D eigenvalue weighted by molar-refractivity contribution is 7.08. The zero-order valence-corrected chi connectivity index (χ0v) is 9.54. The Balaban J connectivity index is 2.14. The zero-order valence-electron chi connectivity index (χ0n) is 8.73. The quantitative estimate of drug-likeness (QED) is 0.856. The number of hydrogen-bond acceptors (Lipinski definition) is 4. The molecule has 0 atom stereocenters. The summed E-state index contributed by atoms with van der Waals surface area (Å²) >= 11 is 1.54. The van der Waals surface area contributed by atoms with Crippen molar-refractivity contribution in [2.24, 2.45) is 0 Å². The van der Waals surface area contributed by atoms with E-state index in [2.05, 4.69) is 15.6 Å². The van der Waals surface area contributed by atoms with Crippen molar-refractivity contribution in [3.63, 3.8) is 0 Å². The number of anilines is 2. The predicted molar refractivity (Wildman–Crippen MR) is 66.1 cm³/mol. The van der Waals surface area contributed by atoms with Gasteiger partial charge in [0.25, 0.3) is 5.91 Å². The third-order valence-corrected chi connectivity index (χ3v) is 2.70. The Bertz CT molecular complexity index is 482. The minimum Gasteiger partial charge on any atom is -0.373 e. The van der Waals surface area contributed by atoms with Gasteiger partial charge in [-0.25, -0.2) is 4.98 Å². The van der Waals surface area contributed by atoms with Crippen molar-refractivity contribution >= 4 is 28.7 Å². The molecular weight excluding hydrogens is 222 g/mol. The van der Waals surface area contributed by atoms with Gasteiger partial charge in [-0.05, 0) is 23.6 Å². The number of carbonyl (C=O) groups is 1. The maximum absolute atomic E-state index is 11.8. The van der Waals surface area contributed by atoms with Crippen LogP contribution in [0.15, 0.2) is 35.0 Å². The summed E-state index contributed by atoms with van der Waals surface area (Å²) < 4.78 is 0. The number of carbonyl (C=O) groups excluding carboxylic acids is 1. The van der Waals surface area contributed by atoms with E-state index < -0.39 is 0 Å². The Morgan fingerprint density at radius 1 is 1.38 bits per heavy atom. The van der Waals surface area contributed by atoms with Crippen LogP contribution in [0.3, 0.4) is 0 Å². The highest BCUT2D eigenvalue weighted by Gasteiger charge is 2.07. The fourth-order valence-electron chi connectivity index (χ4n) is 1.23. The molecule has 1 amide bonds. The normalized spacial score (nSPS) is 9.81. The van der Waals surface area contributed by atoms with Crippen LogP contribution in [-0.2, 0) is 0 Å². The monoisotopic (exact) mass is 233 g/mol. The van der Waals surface area contributed by atoms with Gasteiger partial charge in [0.15, 0.2) is 0 Å². The van der Waals surface area contributed by atoms with E-state index in [0.717, 1.165) is 5.69 Å². The van der Waals surface area contributed by atoms with Gasteiger partial charge in [-0.1, -0.05) is 6.07 Å². The summed E-state index contributed by atoms with van der Waals surface area (Å²) in [5.41, 5.74) is 1.20. The first-order chi connectivity index (χ1) is 7.79. The van der Waals surface area contributed by atoms with Gasteiger partial charge in [0.05, 0.1) is 5.69 Å². The topological polar surface area (TPSA) is 54.0 Å². The Labute approximate surface area is 97.3 Å². The molecule has 0 unspecified atom stereocenters. The van der Waals surface area contributed by atoms with Crippen LogP contribution in [0.1, 0.15) is 10.5 Å². The zero-order chi connectivity index (χ0) is 11.4. The van der Waals surface area contributed by atoms with Crippen LogP contribution in [0, 0.1) is 0 Å². The van der Waals surface area contributed by atoms with Crippen LogP contribution >= 0.6 is 11.3 Å². The van der Waals surface area contributed by atoms with Crippen LogP contribution in [0.2, 0.25) is 0 Å². The van der Waals surface area contributed by atoms with E-state index >= 15 is 0 Å². The van der Waals surface area contributed by atoms with Gasteiger partial charge in [-0.2, -0.15) is 11.3 Å². The average molecular weight is 233 g/mol. The van der Waals surface area contributed by atoms with E-state index in [1.807, 2.05) is 16.8 Å². The molecule has 0 aliphatic rings. The highest BCUT2D eigenvalue weighted by Crippen LogP contribution is 2.13.